The molecule has 0 aliphatic carbocycles. The first kappa shape index (κ1) is 17.9. The molecule has 0 atom stereocenters. The second kappa shape index (κ2) is 6.72. The summed E-state index contributed by atoms with van der Waals surface area (Å²) in [5, 5.41) is 3.40. The van der Waals surface area contributed by atoms with Crippen molar-refractivity contribution >= 4 is 15.8 Å². The molecule has 0 spiro atoms. The van der Waals surface area contributed by atoms with Crippen LogP contribution in [0, 0.1) is 0 Å². The highest BCUT2D eigenvalue weighted by molar-refractivity contribution is 7.89. The van der Waals surface area contributed by atoms with Gasteiger partial charge in [0.05, 0.1) is 0 Å². The lowest BCUT2D eigenvalue weighted by Gasteiger charge is -2.24. The van der Waals surface area contributed by atoms with Crippen LogP contribution in [0.25, 0.3) is 0 Å². The third kappa shape index (κ3) is 5.26. The van der Waals surface area contributed by atoms with Crippen LogP contribution in [0.5, 0.6) is 0 Å². The molecule has 0 unspecified atom stereocenters. The van der Waals surface area contributed by atoms with Gasteiger partial charge in [0.1, 0.15) is 10.7 Å². The molecule has 0 aliphatic rings. The average Bonchev–Trinajstić information content (AvgIpc) is 2.37. The molecule has 0 saturated heterocycles. The van der Waals surface area contributed by atoms with Crippen LogP contribution >= 0.6 is 0 Å². The van der Waals surface area contributed by atoms with Crippen molar-refractivity contribution in [2.45, 2.75) is 31.2 Å². The molecule has 0 aliphatic heterocycles. The zero-order valence-corrected chi connectivity index (χ0v) is 14.5. The minimum absolute atomic E-state index is 0.0813. The maximum atomic E-state index is 12.0. The molecule has 6 nitrogen and oxygen atoms in total. The molecule has 1 heterocycles. The Balaban J connectivity index is 2.70. The Morgan fingerprint density at radius 1 is 1.19 bits per heavy atom. The Hall–Kier alpha value is -1.18. The maximum absolute atomic E-state index is 12.0. The van der Waals surface area contributed by atoms with Crippen LogP contribution in [0.4, 0.5) is 5.82 Å². The molecule has 7 heteroatoms. The Morgan fingerprint density at radius 3 is 2.24 bits per heavy atom. The van der Waals surface area contributed by atoms with Crippen LogP contribution in [-0.2, 0) is 10.0 Å². The summed E-state index contributed by atoms with van der Waals surface area (Å²) >= 11 is 0. The molecule has 1 rings (SSSR count). The molecular formula is C14H26N4O2S. The van der Waals surface area contributed by atoms with E-state index >= 15 is 0 Å². The van der Waals surface area contributed by atoms with Gasteiger partial charge in [-0.3, -0.25) is 0 Å². The SMILES string of the molecule is CN(CCNC(C)(C)C)c1ccc(S(=O)(=O)N(C)C)cn1. The topological polar surface area (TPSA) is 65.5 Å². The fourth-order valence-corrected chi connectivity index (χ4v) is 2.52. The summed E-state index contributed by atoms with van der Waals surface area (Å²) in [4.78, 5) is 6.43. The Labute approximate surface area is 128 Å². The van der Waals surface area contributed by atoms with Crippen molar-refractivity contribution in [1.82, 2.24) is 14.6 Å². The van der Waals surface area contributed by atoms with Crippen molar-refractivity contribution in [3.05, 3.63) is 18.3 Å². The lowest BCUT2D eigenvalue weighted by Crippen LogP contribution is -2.40. The smallest absolute Gasteiger partial charge is 0.244 e. The van der Waals surface area contributed by atoms with Crippen LogP contribution < -0.4 is 10.2 Å². The van der Waals surface area contributed by atoms with E-state index in [-0.39, 0.29) is 10.4 Å². The third-order valence-corrected chi connectivity index (χ3v) is 4.79. The van der Waals surface area contributed by atoms with Gasteiger partial charge in [-0.05, 0) is 32.9 Å². The van der Waals surface area contributed by atoms with Crippen LogP contribution in [0.1, 0.15) is 20.8 Å². The fourth-order valence-electron chi connectivity index (χ4n) is 1.67. The molecule has 1 aromatic heterocycles. The summed E-state index contributed by atoms with van der Waals surface area (Å²) in [6.45, 7) is 7.98. The van der Waals surface area contributed by atoms with Crippen LogP contribution in [0.15, 0.2) is 23.2 Å². The van der Waals surface area contributed by atoms with E-state index in [9.17, 15) is 8.42 Å². The van der Waals surface area contributed by atoms with Crippen molar-refractivity contribution in [3.63, 3.8) is 0 Å². The van der Waals surface area contributed by atoms with Crippen molar-refractivity contribution in [2.24, 2.45) is 0 Å². The second-order valence-corrected chi connectivity index (χ2v) is 8.39. The molecule has 0 aromatic carbocycles. The second-order valence-electron chi connectivity index (χ2n) is 6.24. The van der Waals surface area contributed by atoms with Gasteiger partial charge < -0.3 is 10.2 Å². The van der Waals surface area contributed by atoms with E-state index in [1.165, 1.54) is 24.6 Å². The van der Waals surface area contributed by atoms with Crippen molar-refractivity contribution < 1.29 is 8.42 Å². The van der Waals surface area contributed by atoms with Gasteiger partial charge in [0.15, 0.2) is 0 Å². The molecule has 1 aromatic rings. The summed E-state index contributed by atoms with van der Waals surface area (Å²) in [5.74, 6) is 0.753. The molecule has 21 heavy (non-hydrogen) atoms. The van der Waals surface area contributed by atoms with E-state index < -0.39 is 10.0 Å². The monoisotopic (exact) mass is 314 g/mol. The number of rotatable bonds is 6. The Kier molecular flexibility index (Phi) is 5.72. The van der Waals surface area contributed by atoms with Crippen molar-refractivity contribution in [1.29, 1.82) is 0 Å². The standard InChI is InChI=1S/C14H26N4O2S/c1-14(2,3)16-9-10-18(6)13-8-7-12(11-15-13)21(19,20)17(4)5/h7-8,11,16H,9-10H2,1-6H3. The first-order valence-corrected chi connectivity index (χ1v) is 8.33. The van der Waals surface area contributed by atoms with Crippen LogP contribution in [0.2, 0.25) is 0 Å². The minimum atomic E-state index is -3.42. The Morgan fingerprint density at radius 2 is 1.81 bits per heavy atom. The normalized spacial score (nSPS) is 12.7. The predicted octanol–water partition coefficient (Wildman–Crippen LogP) is 1.16. The maximum Gasteiger partial charge on any atom is 0.244 e. The van der Waals surface area contributed by atoms with E-state index in [2.05, 4.69) is 31.1 Å². The average molecular weight is 314 g/mol. The summed E-state index contributed by atoms with van der Waals surface area (Å²) in [6, 6.07) is 3.32. The van der Waals surface area contributed by atoms with E-state index in [0.29, 0.717) is 0 Å². The highest BCUT2D eigenvalue weighted by Crippen LogP contribution is 2.15. The van der Waals surface area contributed by atoms with Gasteiger partial charge in [-0.15, -0.1) is 0 Å². The van der Waals surface area contributed by atoms with Gasteiger partial charge in [0, 0.05) is 46.0 Å². The third-order valence-electron chi connectivity index (χ3n) is 2.99. The number of pyridine rings is 1. The largest absolute Gasteiger partial charge is 0.358 e. The zero-order chi connectivity index (χ0) is 16.3. The molecule has 0 amide bonds. The van der Waals surface area contributed by atoms with E-state index in [1.807, 2.05) is 11.9 Å². The molecule has 0 bridgehead atoms. The number of nitrogens with one attached hydrogen (secondary N) is 1. The summed E-state index contributed by atoms with van der Waals surface area (Å²) in [7, 11) is 1.54. The number of aromatic nitrogens is 1. The molecular weight excluding hydrogens is 288 g/mol. The number of hydrogen-bond donors (Lipinski definition) is 1. The number of nitrogens with zero attached hydrogens (tertiary/aromatic N) is 3. The van der Waals surface area contributed by atoms with Gasteiger partial charge >= 0.3 is 0 Å². The summed E-state index contributed by atoms with van der Waals surface area (Å²) < 4.78 is 25.1. The number of likely N-dealkylation sites (N-methyl/N-ethyl adjacent to an activating group) is 1. The fraction of sp³-hybridized carbons (Fsp3) is 0.643. The zero-order valence-electron chi connectivity index (χ0n) is 13.7. The van der Waals surface area contributed by atoms with Crippen molar-refractivity contribution in [2.75, 3.05) is 39.1 Å². The minimum Gasteiger partial charge on any atom is -0.358 e. The molecule has 0 radical (unpaired) electrons. The lowest BCUT2D eigenvalue weighted by molar-refractivity contribution is 0.430. The van der Waals surface area contributed by atoms with Crippen LogP contribution in [0.3, 0.4) is 0 Å². The molecule has 0 saturated carbocycles. The predicted molar refractivity (Wildman–Crippen MR) is 86.1 cm³/mol. The summed E-state index contributed by atoms with van der Waals surface area (Å²) in [5.41, 5.74) is 0.0813. The molecule has 1 N–H and O–H groups in total. The van der Waals surface area contributed by atoms with Gasteiger partial charge in [-0.2, -0.15) is 0 Å². The highest BCUT2D eigenvalue weighted by atomic mass is 32.2. The van der Waals surface area contributed by atoms with Gasteiger partial charge in [-0.25, -0.2) is 17.7 Å². The first-order chi connectivity index (χ1) is 9.54. The van der Waals surface area contributed by atoms with E-state index in [1.54, 1.807) is 12.1 Å². The van der Waals surface area contributed by atoms with Gasteiger partial charge in [0.2, 0.25) is 10.0 Å². The van der Waals surface area contributed by atoms with E-state index in [0.717, 1.165) is 18.9 Å². The van der Waals surface area contributed by atoms with Crippen molar-refractivity contribution in [3.8, 4) is 0 Å². The van der Waals surface area contributed by atoms with Gasteiger partial charge in [0.25, 0.3) is 0 Å². The lowest BCUT2D eigenvalue weighted by atomic mass is 10.1. The first-order valence-electron chi connectivity index (χ1n) is 6.89. The highest BCUT2D eigenvalue weighted by Gasteiger charge is 2.17. The number of sulfonamides is 1. The van der Waals surface area contributed by atoms with Crippen LogP contribution in [-0.4, -0.2) is 57.5 Å². The number of hydrogen-bond acceptors (Lipinski definition) is 5. The Bertz CT molecular complexity index is 547. The number of anilines is 1. The summed E-state index contributed by atoms with van der Waals surface area (Å²) in [6.07, 6.45) is 1.40. The molecule has 0 fully saturated rings. The van der Waals surface area contributed by atoms with E-state index in [4.69, 9.17) is 0 Å². The van der Waals surface area contributed by atoms with Gasteiger partial charge in [-0.1, -0.05) is 0 Å². The molecule has 120 valence electrons. The quantitative estimate of drug-likeness (QED) is 0.853.